The van der Waals surface area contributed by atoms with E-state index in [1.807, 2.05) is 12.1 Å². The smallest absolute Gasteiger partial charge is 0.321 e. The molecule has 1 saturated heterocycles. The predicted octanol–water partition coefficient (Wildman–Crippen LogP) is 3.96. The summed E-state index contributed by atoms with van der Waals surface area (Å²) >= 11 is 1.54. The van der Waals surface area contributed by atoms with Crippen LogP contribution in [0.25, 0.3) is 0 Å². The van der Waals surface area contributed by atoms with Gasteiger partial charge in [0.2, 0.25) is 5.91 Å². The molecule has 5 heteroatoms. The van der Waals surface area contributed by atoms with E-state index in [9.17, 15) is 9.59 Å². The number of amides is 1. The molecule has 0 atom stereocenters. The number of esters is 1. The minimum absolute atomic E-state index is 0.150. The fourth-order valence-corrected chi connectivity index (χ4v) is 3.47. The first-order valence-corrected chi connectivity index (χ1v) is 9.52. The number of aryl methyl sites for hydroxylation is 1. The van der Waals surface area contributed by atoms with Crippen molar-refractivity contribution >= 4 is 29.3 Å². The highest BCUT2D eigenvalue weighted by Gasteiger charge is 2.21. The summed E-state index contributed by atoms with van der Waals surface area (Å²) in [6.07, 6.45) is 1.50. The lowest BCUT2D eigenvalue weighted by molar-refractivity contribution is -0.131. The maximum absolute atomic E-state index is 11.9. The Morgan fingerprint density at radius 2 is 1.84 bits per heavy atom. The first-order valence-electron chi connectivity index (χ1n) is 8.36. The molecule has 0 spiro atoms. The molecule has 0 aromatic heterocycles. The van der Waals surface area contributed by atoms with E-state index in [4.69, 9.17) is 4.74 Å². The summed E-state index contributed by atoms with van der Waals surface area (Å²) in [7, 11) is 0. The zero-order valence-electron chi connectivity index (χ0n) is 14.2. The van der Waals surface area contributed by atoms with E-state index >= 15 is 0 Å². The molecule has 1 amide bonds. The van der Waals surface area contributed by atoms with Crippen molar-refractivity contribution in [3.8, 4) is 5.75 Å². The average molecular weight is 355 g/mol. The third-order valence-corrected chi connectivity index (χ3v) is 5.04. The Bertz CT molecular complexity index is 741. The third kappa shape index (κ3) is 4.86. The Kier molecular flexibility index (Phi) is 5.76. The number of benzene rings is 2. The molecule has 1 aliphatic rings. The summed E-state index contributed by atoms with van der Waals surface area (Å²) in [6.45, 7) is 2.81. The molecule has 1 heterocycles. The lowest BCUT2D eigenvalue weighted by Crippen LogP contribution is -2.23. The first kappa shape index (κ1) is 17.5. The van der Waals surface area contributed by atoms with E-state index in [-0.39, 0.29) is 11.9 Å². The van der Waals surface area contributed by atoms with Crippen LogP contribution in [-0.2, 0) is 15.3 Å². The van der Waals surface area contributed by atoms with Crippen LogP contribution in [-0.4, -0.2) is 24.2 Å². The standard InChI is InChI=1S/C20H21NO3S/c1-15-4-6-16(7-5-15)13-25-14-20(23)24-18-10-8-17(9-11-18)21-12-2-3-19(21)22/h4-11H,2-3,12-14H2,1H3. The van der Waals surface area contributed by atoms with Crippen molar-refractivity contribution in [2.75, 3.05) is 17.2 Å². The number of carbonyl (C=O) groups is 2. The number of thioether (sulfide) groups is 1. The van der Waals surface area contributed by atoms with E-state index in [1.54, 1.807) is 17.0 Å². The second kappa shape index (κ2) is 8.21. The number of rotatable bonds is 6. The van der Waals surface area contributed by atoms with Crippen LogP contribution in [0, 0.1) is 6.92 Å². The van der Waals surface area contributed by atoms with Gasteiger partial charge in [-0.25, -0.2) is 0 Å². The van der Waals surface area contributed by atoms with Gasteiger partial charge in [-0.1, -0.05) is 29.8 Å². The minimum Gasteiger partial charge on any atom is -0.426 e. The fourth-order valence-electron chi connectivity index (χ4n) is 2.71. The molecule has 4 nitrogen and oxygen atoms in total. The highest BCUT2D eigenvalue weighted by Crippen LogP contribution is 2.24. The molecule has 0 aliphatic carbocycles. The largest absolute Gasteiger partial charge is 0.426 e. The molecule has 0 saturated carbocycles. The predicted molar refractivity (Wildman–Crippen MR) is 101 cm³/mol. The number of anilines is 1. The number of ether oxygens (including phenoxy) is 1. The van der Waals surface area contributed by atoms with Gasteiger partial charge in [0.05, 0.1) is 5.75 Å². The Balaban J connectivity index is 1.46. The van der Waals surface area contributed by atoms with Crippen LogP contribution in [0.2, 0.25) is 0 Å². The van der Waals surface area contributed by atoms with Gasteiger partial charge >= 0.3 is 5.97 Å². The molecule has 1 fully saturated rings. The van der Waals surface area contributed by atoms with E-state index in [2.05, 4.69) is 31.2 Å². The lowest BCUT2D eigenvalue weighted by Gasteiger charge is -2.15. The summed E-state index contributed by atoms with van der Waals surface area (Å²) in [5.74, 6) is 1.49. The Morgan fingerprint density at radius 3 is 2.48 bits per heavy atom. The van der Waals surface area contributed by atoms with Gasteiger partial charge < -0.3 is 9.64 Å². The average Bonchev–Trinajstić information content (AvgIpc) is 3.03. The number of hydrogen-bond acceptors (Lipinski definition) is 4. The van der Waals surface area contributed by atoms with E-state index in [1.165, 1.54) is 22.9 Å². The summed E-state index contributed by atoms with van der Waals surface area (Å²) in [5, 5.41) is 0. The van der Waals surface area contributed by atoms with Crippen molar-refractivity contribution < 1.29 is 14.3 Å². The zero-order chi connectivity index (χ0) is 17.6. The van der Waals surface area contributed by atoms with Crippen molar-refractivity contribution in [1.29, 1.82) is 0 Å². The Morgan fingerprint density at radius 1 is 1.12 bits per heavy atom. The van der Waals surface area contributed by atoms with Gasteiger partial charge in [-0.2, -0.15) is 0 Å². The molecule has 3 rings (SSSR count). The molecular weight excluding hydrogens is 334 g/mol. The highest BCUT2D eigenvalue weighted by atomic mass is 32.2. The van der Waals surface area contributed by atoms with Crippen LogP contribution in [0.15, 0.2) is 48.5 Å². The van der Waals surface area contributed by atoms with Crippen LogP contribution in [0.5, 0.6) is 5.75 Å². The second-order valence-electron chi connectivity index (χ2n) is 6.10. The monoisotopic (exact) mass is 355 g/mol. The molecule has 1 aliphatic heterocycles. The maximum atomic E-state index is 11.9. The summed E-state index contributed by atoms with van der Waals surface area (Å²) in [4.78, 5) is 25.4. The Labute approximate surface area is 152 Å². The van der Waals surface area contributed by atoms with Gasteiger partial charge in [-0.15, -0.1) is 11.8 Å². The van der Waals surface area contributed by atoms with Crippen molar-refractivity contribution in [2.24, 2.45) is 0 Å². The van der Waals surface area contributed by atoms with E-state index < -0.39 is 0 Å². The molecule has 130 valence electrons. The molecule has 0 unspecified atom stereocenters. The number of hydrogen-bond donors (Lipinski definition) is 0. The molecule has 0 bridgehead atoms. The van der Waals surface area contributed by atoms with Gasteiger partial charge in [0.1, 0.15) is 5.75 Å². The SMILES string of the molecule is Cc1ccc(CSCC(=O)Oc2ccc(N3CCCC3=O)cc2)cc1. The number of nitrogens with zero attached hydrogens (tertiary/aromatic N) is 1. The van der Waals surface area contributed by atoms with E-state index in [0.29, 0.717) is 17.9 Å². The fraction of sp³-hybridized carbons (Fsp3) is 0.300. The first-order chi connectivity index (χ1) is 12.1. The maximum Gasteiger partial charge on any atom is 0.321 e. The lowest BCUT2D eigenvalue weighted by atomic mass is 10.2. The second-order valence-corrected chi connectivity index (χ2v) is 7.08. The van der Waals surface area contributed by atoms with Crippen LogP contribution in [0.4, 0.5) is 5.69 Å². The van der Waals surface area contributed by atoms with Crippen molar-refractivity contribution in [1.82, 2.24) is 0 Å². The molecule has 2 aromatic rings. The molecule has 0 radical (unpaired) electrons. The molecular formula is C20H21NO3S. The summed E-state index contributed by atoms with van der Waals surface area (Å²) in [6, 6.07) is 15.4. The van der Waals surface area contributed by atoms with Crippen molar-refractivity contribution in [3.05, 3.63) is 59.7 Å². The van der Waals surface area contributed by atoms with Crippen molar-refractivity contribution in [2.45, 2.75) is 25.5 Å². The van der Waals surface area contributed by atoms with Crippen molar-refractivity contribution in [3.63, 3.8) is 0 Å². The highest BCUT2D eigenvalue weighted by molar-refractivity contribution is 7.99. The van der Waals surface area contributed by atoms with Crippen LogP contribution in [0.3, 0.4) is 0 Å². The van der Waals surface area contributed by atoms with Gasteiger partial charge in [0.15, 0.2) is 0 Å². The summed E-state index contributed by atoms with van der Waals surface area (Å²) in [5.41, 5.74) is 3.28. The van der Waals surface area contributed by atoms with Gasteiger partial charge in [0.25, 0.3) is 0 Å². The van der Waals surface area contributed by atoms with Crippen LogP contribution >= 0.6 is 11.8 Å². The molecule has 0 N–H and O–H groups in total. The third-order valence-electron chi connectivity index (χ3n) is 4.06. The summed E-state index contributed by atoms with van der Waals surface area (Å²) < 4.78 is 5.35. The van der Waals surface area contributed by atoms with Crippen LogP contribution in [0.1, 0.15) is 24.0 Å². The van der Waals surface area contributed by atoms with Gasteiger partial charge in [-0.3, -0.25) is 9.59 Å². The van der Waals surface area contributed by atoms with Gasteiger partial charge in [0, 0.05) is 24.4 Å². The number of carbonyl (C=O) groups excluding carboxylic acids is 2. The topological polar surface area (TPSA) is 46.6 Å². The minimum atomic E-state index is -0.262. The molecule has 25 heavy (non-hydrogen) atoms. The molecule has 2 aromatic carbocycles. The van der Waals surface area contributed by atoms with E-state index in [0.717, 1.165) is 24.4 Å². The van der Waals surface area contributed by atoms with Crippen LogP contribution < -0.4 is 9.64 Å². The zero-order valence-corrected chi connectivity index (χ0v) is 15.1. The van der Waals surface area contributed by atoms with Gasteiger partial charge in [-0.05, 0) is 43.2 Å². The normalized spacial score (nSPS) is 14.0. The quantitative estimate of drug-likeness (QED) is 0.581. The Hall–Kier alpha value is -2.27.